The van der Waals surface area contributed by atoms with E-state index in [0.717, 1.165) is 40.5 Å². The first-order chi connectivity index (χ1) is 13.1. The molecule has 0 bridgehead atoms. The lowest BCUT2D eigenvalue weighted by Crippen LogP contribution is -2.40. The Kier molecular flexibility index (Phi) is 4.81. The lowest BCUT2D eigenvalue weighted by molar-refractivity contribution is -0.134. The van der Waals surface area contributed by atoms with E-state index in [2.05, 4.69) is 52.5 Å². The number of pyridine rings is 1. The third-order valence-corrected chi connectivity index (χ3v) is 5.75. The Morgan fingerprint density at radius 3 is 2.70 bits per heavy atom. The molecule has 1 aliphatic rings. The van der Waals surface area contributed by atoms with Gasteiger partial charge in [-0.25, -0.2) is 0 Å². The van der Waals surface area contributed by atoms with Crippen molar-refractivity contribution in [1.82, 2.24) is 24.9 Å². The topological polar surface area (TPSA) is 63.4 Å². The van der Waals surface area contributed by atoms with Crippen LogP contribution in [0, 0.1) is 13.8 Å². The molecule has 0 N–H and O–H groups in total. The van der Waals surface area contributed by atoms with E-state index in [-0.39, 0.29) is 5.91 Å². The van der Waals surface area contributed by atoms with Gasteiger partial charge in [0.1, 0.15) is 0 Å². The summed E-state index contributed by atoms with van der Waals surface area (Å²) >= 11 is 0. The van der Waals surface area contributed by atoms with Gasteiger partial charge in [-0.1, -0.05) is 37.8 Å². The molecule has 0 aliphatic heterocycles. The number of aryl methyl sites for hydroxylation is 2. The molecule has 0 atom stereocenters. The Labute approximate surface area is 159 Å². The van der Waals surface area contributed by atoms with Gasteiger partial charge in [-0.2, -0.15) is 4.52 Å². The van der Waals surface area contributed by atoms with Crippen LogP contribution in [0.15, 0.2) is 18.2 Å². The normalized spacial score (nSPS) is 15.5. The van der Waals surface area contributed by atoms with E-state index in [4.69, 9.17) is 0 Å². The van der Waals surface area contributed by atoms with Gasteiger partial charge in [0.25, 0.3) is 0 Å². The summed E-state index contributed by atoms with van der Waals surface area (Å²) in [5, 5.41) is 13.6. The third-order valence-electron chi connectivity index (χ3n) is 5.75. The molecule has 1 amide bonds. The highest BCUT2D eigenvalue weighted by molar-refractivity contribution is 5.86. The number of carbonyl (C=O) groups excluding carboxylic acids is 1. The quantitative estimate of drug-likeness (QED) is 0.702. The minimum Gasteiger partial charge on any atom is -0.335 e. The van der Waals surface area contributed by atoms with Gasteiger partial charge in [0.2, 0.25) is 5.91 Å². The molecule has 0 unspecified atom stereocenters. The predicted molar refractivity (Wildman–Crippen MR) is 105 cm³/mol. The lowest BCUT2D eigenvalue weighted by atomic mass is 9.93. The standard InChI is InChI=1S/C21H27N5O/c1-4-19(27)25(18-8-6-5-7-9-18)13-17-12-16-11-14(2)10-15(3)20(16)26-21(17)22-23-24-26/h10-12,18H,4-9,13H2,1-3H3. The summed E-state index contributed by atoms with van der Waals surface area (Å²) < 4.78 is 1.83. The maximum Gasteiger partial charge on any atom is 0.222 e. The molecule has 3 aromatic rings. The van der Waals surface area contributed by atoms with E-state index >= 15 is 0 Å². The first-order valence-electron chi connectivity index (χ1n) is 9.99. The second-order valence-corrected chi connectivity index (χ2v) is 7.77. The molecule has 1 fully saturated rings. The number of amides is 1. The van der Waals surface area contributed by atoms with Crippen LogP contribution in [0.2, 0.25) is 0 Å². The highest BCUT2D eigenvalue weighted by atomic mass is 16.2. The van der Waals surface area contributed by atoms with Gasteiger partial charge in [0.15, 0.2) is 5.65 Å². The minimum atomic E-state index is 0.216. The number of tetrazole rings is 1. The lowest BCUT2D eigenvalue weighted by Gasteiger charge is -2.34. The second kappa shape index (κ2) is 7.25. The van der Waals surface area contributed by atoms with Gasteiger partial charge in [-0.05, 0) is 54.8 Å². The fraction of sp³-hybridized carbons (Fsp3) is 0.524. The molecular formula is C21H27N5O. The number of fused-ring (bicyclic) bond motifs is 3. The molecule has 2 aromatic heterocycles. The second-order valence-electron chi connectivity index (χ2n) is 7.77. The van der Waals surface area contributed by atoms with Crippen LogP contribution in [0.1, 0.15) is 62.1 Å². The summed E-state index contributed by atoms with van der Waals surface area (Å²) in [4.78, 5) is 14.8. The Balaban J connectivity index is 1.81. The van der Waals surface area contributed by atoms with E-state index in [1.807, 2.05) is 11.4 Å². The van der Waals surface area contributed by atoms with Crippen molar-refractivity contribution in [3.05, 3.63) is 34.9 Å². The third kappa shape index (κ3) is 3.29. The number of hydrogen-bond donors (Lipinski definition) is 0. The highest BCUT2D eigenvalue weighted by Gasteiger charge is 2.26. The number of aromatic nitrogens is 4. The largest absolute Gasteiger partial charge is 0.335 e. The summed E-state index contributed by atoms with van der Waals surface area (Å²) in [7, 11) is 0. The fourth-order valence-electron chi connectivity index (χ4n) is 4.50. The molecule has 142 valence electrons. The Morgan fingerprint density at radius 1 is 1.19 bits per heavy atom. The predicted octanol–water partition coefficient (Wildman–Crippen LogP) is 3.97. The van der Waals surface area contributed by atoms with E-state index in [1.54, 1.807) is 0 Å². The maximum absolute atomic E-state index is 12.7. The molecule has 0 spiro atoms. The molecule has 0 saturated heterocycles. The van der Waals surface area contributed by atoms with Crippen LogP contribution in [0.25, 0.3) is 16.6 Å². The number of rotatable bonds is 4. The Morgan fingerprint density at radius 2 is 1.96 bits per heavy atom. The molecule has 6 nitrogen and oxygen atoms in total. The van der Waals surface area contributed by atoms with Gasteiger partial charge in [0.05, 0.1) is 5.52 Å². The minimum absolute atomic E-state index is 0.216. The number of hydrogen-bond acceptors (Lipinski definition) is 4. The zero-order chi connectivity index (χ0) is 19.0. The zero-order valence-electron chi connectivity index (χ0n) is 16.4. The van der Waals surface area contributed by atoms with Gasteiger partial charge >= 0.3 is 0 Å². The van der Waals surface area contributed by atoms with Crippen molar-refractivity contribution in [1.29, 1.82) is 0 Å². The summed E-state index contributed by atoms with van der Waals surface area (Å²) in [6.07, 6.45) is 6.41. The molecular weight excluding hydrogens is 338 g/mol. The summed E-state index contributed by atoms with van der Waals surface area (Å²) in [6.45, 7) is 6.71. The van der Waals surface area contributed by atoms with Crippen LogP contribution < -0.4 is 0 Å². The summed E-state index contributed by atoms with van der Waals surface area (Å²) in [6, 6.07) is 6.81. The molecule has 0 radical (unpaired) electrons. The number of carbonyl (C=O) groups is 1. The van der Waals surface area contributed by atoms with Crippen molar-refractivity contribution >= 4 is 22.5 Å². The van der Waals surface area contributed by atoms with Crippen LogP contribution in [-0.4, -0.2) is 36.9 Å². The van der Waals surface area contributed by atoms with Crippen LogP contribution >= 0.6 is 0 Å². The Bertz CT molecular complexity index is 987. The Hall–Kier alpha value is -2.50. The molecule has 4 rings (SSSR count). The van der Waals surface area contributed by atoms with Crippen LogP contribution in [0.3, 0.4) is 0 Å². The van der Waals surface area contributed by atoms with E-state index < -0.39 is 0 Å². The SMILES string of the molecule is CCC(=O)N(Cc1cc2cc(C)cc(C)c2n2nnnc12)C1CCCCC1. The zero-order valence-corrected chi connectivity index (χ0v) is 16.4. The molecule has 1 aliphatic carbocycles. The molecule has 2 heterocycles. The average Bonchev–Trinajstić information content (AvgIpc) is 3.15. The van der Waals surface area contributed by atoms with Gasteiger partial charge < -0.3 is 4.90 Å². The number of nitrogens with zero attached hydrogens (tertiary/aromatic N) is 5. The van der Waals surface area contributed by atoms with Gasteiger partial charge in [-0.3, -0.25) is 4.79 Å². The summed E-state index contributed by atoms with van der Waals surface area (Å²) in [5.41, 5.74) is 5.18. The van der Waals surface area contributed by atoms with E-state index in [0.29, 0.717) is 19.0 Å². The first kappa shape index (κ1) is 17.9. The van der Waals surface area contributed by atoms with Crippen molar-refractivity contribution in [2.45, 2.75) is 71.9 Å². The molecule has 1 saturated carbocycles. The molecule has 27 heavy (non-hydrogen) atoms. The van der Waals surface area contributed by atoms with Crippen LogP contribution in [0.5, 0.6) is 0 Å². The first-order valence-corrected chi connectivity index (χ1v) is 9.99. The van der Waals surface area contributed by atoms with Crippen molar-refractivity contribution < 1.29 is 4.79 Å². The van der Waals surface area contributed by atoms with E-state index in [9.17, 15) is 4.79 Å². The van der Waals surface area contributed by atoms with Crippen LogP contribution in [-0.2, 0) is 11.3 Å². The highest BCUT2D eigenvalue weighted by Crippen LogP contribution is 2.28. The van der Waals surface area contributed by atoms with Gasteiger partial charge in [0, 0.05) is 30.0 Å². The van der Waals surface area contributed by atoms with Gasteiger partial charge in [-0.15, -0.1) is 5.10 Å². The van der Waals surface area contributed by atoms with Crippen molar-refractivity contribution in [3.8, 4) is 0 Å². The number of benzene rings is 1. The molecule has 6 heteroatoms. The van der Waals surface area contributed by atoms with E-state index in [1.165, 1.54) is 24.8 Å². The maximum atomic E-state index is 12.7. The monoisotopic (exact) mass is 365 g/mol. The average molecular weight is 365 g/mol. The summed E-state index contributed by atoms with van der Waals surface area (Å²) in [5.74, 6) is 0.216. The van der Waals surface area contributed by atoms with Crippen molar-refractivity contribution in [2.75, 3.05) is 0 Å². The smallest absolute Gasteiger partial charge is 0.222 e. The van der Waals surface area contributed by atoms with Crippen LogP contribution in [0.4, 0.5) is 0 Å². The fourth-order valence-corrected chi connectivity index (χ4v) is 4.50. The van der Waals surface area contributed by atoms with Crippen molar-refractivity contribution in [3.63, 3.8) is 0 Å². The van der Waals surface area contributed by atoms with Crippen molar-refractivity contribution in [2.24, 2.45) is 0 Å². The molecule has 1 aromatic carbocycles.